The summed E-state index contributed by atoms with van der Waals surface area (Å²) in [7, 11) is 0. The van der Waals surface area contributed by atoms with Crippen LogP contribution in [0, 0.1) is 17.5 Å². The third-order valence-electron chi connectivity index (χ3n) is 3.84. The third-order valence-corrected chi connectivity index (χ3v) is 3.84. The number of rotatable bonds is 3. The summed E-state index contributed by atoms with van der Waals surface area (Å²) in [4.78, 5) is 9.28. The van der Waals surface area contributed by atoms with Gasteiger partial charge in [-0.15, -0.1) is 0 Å². The minimum absolute atomic E-state index is 0.0287. The number of imidazole rings is 1. The highest BCUT2D eigenvalue weighted by Gasteiger charge is 2.21. The summed E-state index contributed by atoms with van der Waals surface area (Å²) in [5, 5.41) is 3.27. The van der Waals surface area contributed by atoms with E-state index in [9.17, 15) is 13.2 Å². The molecule has 1 fully saturated rings. The molecule has 0 radical (unpaired) electrons. The van der Waals surface area contributed by atoms with Gasteiger partial charge in [-0.3, -0.25) is 0 Å². The zero-order chi connectivity index (χ0) is 15.0. The number of aromatic amines is 1. The molecule has 114 valence electrons. The zero-order valence-electron chi connectivity index (χ0n) is 11.7. The summed E-state index contributed by atoms with van der Waals surface area (Å²) in [6.45, 7) is 6.51. The van der Waals surface area contributed by atoms with Gasteiger partial charge in [0.2, 0.25) is 0 Å². The summed E-state index contributed by atoms with van der Waals surface area (Å²) in [6, 6.07) is 0.946. The highest BCUT2D eigenvalue weighted by molar-refractivity contribution is 5.76. The maximum absolute atomic E-state index is 13.7. The van der Waals surface area contributed by atoms with Crippen molar-refractivity contribution < 1.29 is 13.2 Å². The van der Waals surface area contributed by atoms with E-state index in [0.717, 1.165) is 38.8 Å². The molecular weight excluding hydrogens is 281 g/mol. The summed E-state index contributed by atoms with van der Waals surface area (Å²) in [5.41, 5.74) is 0.0459. The van der Waals surface area contributed by atoms with Gasteiger partial charge in [0.05, 0.1) is 5.52 Å². The Kier molecular flexibility index (Phi) is 3.86. The largest absolute Gasteiger partial charge is 0.342 e. The Morgan fingerprint density at radius 3 is 2.67 bits per heavy atom. The molecule has 1 saturated heterocycles. The molecule has 2 aromatic rings. The predicted octanol–water partition coefficient (Wildman–Crippen LogP) is 1.99. The lowest BCUT2D eigenvalue weighted by Crippen LogP contribution is -2.44. The first kappa shape index (κ1) is 14.3. The van der Waals surface area contributed by atoms with Gasteiger partial charge in [0.25, 0.3) is 0 Å². The van der Waals surface area contributed by atoms with Crippen molar-refractivity contribution in [2.24, 2.45) is 0 Å². The van der Waals surface area contributed by atoms with Crippen molar-refractivity contribution in [3.63, 3.8) is 0 Å². The van der Waals surface area contributed by atoms with E-state index in [0.29, 0.717) is 5.82 Å². The molecule has 0 amide bonds. The van der Waals surface area contributed by atoms with Crippen LogP contribution in [0.15, 0.2) is 6.07 Å². The molecule has 1 aromatic carbocycles. The maximum Gasteiger partial charge on any atom is 0.196 e. The lowest BCUT2D eigenvalue weighted by molar-refractivity contribution is 0.229. The molecule has 2 N–H and O–H groups in total. The molecule has 0 aliphatic carbocycles. The van der Waals surface area contributed by atoms with Crippen LogP contribution in [-0.2, 0) is 0 Å². The van der Waals surface area contributed by atoms with E-state index in [2.05, 4.69) is 20.2 Å². The van der Waals surface area contributed by atoms with Gasteiger partial charge in [-0.05, 0) is 0 Å². The summed E-state index contributed by atoms with van der Waals surface area (Å²) < 4.78 is 40.1. The van der Waals surface area contributed by atoms with Crippen molar-refractivity contribution in [1.82, 2.24) is 20.2 Å². The lowest BCUT2D eigenvalue weighted by Gasteiger charge is -2.29. The highest BCUT2D eigenvalue weighted by atomic mass is 19.2. The average Bonchev–Trinajstić information content (AvgIpc) is 2.90. The minimum Gasteiger partial charge on any atom is -0.342 e. The first-order chi connectivity index (χ1) is 10.1. The van der Waals surface area contributed by atoms with Gasteiger partial charge in [-0.25, -0.2) is 18.2 Å². The monoisotopic (exact) mass is 298 g/mol. The molecule has 0 bridgehead atoms. The first-order valence-electron chi connectivity index (χ1n) is 7.02. The Morgan fingerprint density at radius 2 is 1.95 bits per heavy atom. The molecule has 1 unspecified atom stereocenters. The van der Waals surface area contributed by atoms with Crippen LogP contribution in [0.1, 0.15) is 18.7 Å². The fourth-order valence-electron chi connectivity index (χ4n) is 2.68. The number of hydrogen-bond acceptors (Lipinski definition) is 3. The molecule has 2 heterocycles. The van der Waals surface area contributed by atoms with Gasteiger partial charge in [0.15, 0.2) is 17.5 Å². The Bertz CT molecular complexity index is 649. The lowest BCUT2D eigenvalue weighted by atomic mass is 10.1. The number of halogens is 3. The molecule has 1 aliphatic heterocycles. The number of H-pyrrole nitrogens is 1. The Balaban J connectivity index is 1.84. The smallest absolute Gasteiger partial charge is 0.196 e. The fraction of sp³-hybridized carbons (Fsp3) is 0.500. The third kappa shape index (κ3) is 2.75. The summed E-state index contributed by atoms with van der Waals surface area (Å²) in [6.07, 6.45) is 0. The van der Waals surface area contributed by atoms with E-state index in [-0.39, 0.29) is 17.0 Å². The van der Waals surface area contributed by atoms with Gasteiger partial charge in [-0.1, -0.05) is 6.92 Å². The van der Waals surface area contributed by atoms with E-state index >= 15 is 0 Å². The SMILES string of the molecule is CC(CN1CCNCC1)c1nc2c(F)c(F)c(F)cc2[nH]1. The summed E-state index contributed by atoms with van der Waals surface area (Å²) >= 11 is 0. The van der Waals surface area contributed by atoms with Gasteiger partial charge in [0, 0.05) is 44.7 Å². The van der Waals surface area contributed by atoms with Crippen LogP contribution in [0.3, 0.4) is 0 Å². The molecular formula is C14H17F3N4. The van der Waals surface area contributed by atoms with E-state index in [1.807, 2.05) is 6.92 Å². The molecule has 1 aromatic heterocycles. The fourth-order valence-corrected chi connectivity index (χ4v) is 2.68. The highest BCUT2D eigenvalue weighted by Crippen LogP contribution is 2.24. The number of aromatic nitrogens is 2. The van der Waals surface area contributed by atoms with Crippen molar-refractivity contribution in [3.05, 3.63) is 29.3 Å². The molecule has 7 heteroatoms. The van der Waals surface area contributed by atoms with Crippen molar-refractivity contribution >= 4 is 11.0 Å². The molecule has 0 saturated carbocycles. The Morgan fingerprint density at radius 1 is 1.24 bits per heavy atom. The van der Waals surface area contributed by atoms with Crippen LogP contribution in [0.5, 0.6) is 0 Å². The molecule has 1 aliphatic rings. The standard InChI is InChI=1S/C14H17F3N4/c1-8(7-21-4-2-18-3-5-21)14-19-10-6-9(15)11(16)12(17)13(10)20-14/h6,8,18H,2-5,7H2,1H3,(H,19,20). The predicted molar refractivity (Wildman–Crippen MR) is 73.7 cm³/mol. The number of benzene rings is 1. The number of hydrogen-bond donors (Lipinski definition) is 2. The first-order valence-corrected chi connectivity index (χ1v) is 7.02. The van der Waals surface area contributed by atoms with Crippen LogP contribution in [0.4, 0.5) is 13.2 Å². The topological polar surface area (TPSA) is 44.0 Å². The maximum atomic E-state index is 13.7. The van der Waals surface area contributed by atoms with E-state index in [1.54, 1.807) is 0 Å². The average molecular weight is 298 g/mol. The van der Waals surface area contributed by atoms with Crippen molar-refractivity contribution in [2.75, 3.05) is 32.7 Å². The zero-order valence-corrected chi connectivity index (χ0v) is 11.7. The normalized spacial score (nSPS) is 18.3. The van der Waals surface area contributed by atoms with E-state index in [1.165, 1.54) is 0 Å². The number of fused-ring (bicyclic) bond motifs is 1. The van der Waals surface area contributed by atoms with Crippen molar-refractivity contribution in [2.45, 2.75) is 12.8 Å². The van der Waals surface area contributed by atoms with Crippen LogP contribution in [0.25, 0.3) is 11.0 Å². The second-order valence-electron chi connectivity index (χ2n) is 5.46. The van der Waals surface area contributed by atoms with Crippen LogP contribution < -0.4 is 5.32 Å². The van der Waals surface area contributed by atoms with Gasteiger partial charge in [0.1, 0.15) is 11.3 Å². The Labute approximate surface area is 120 Å². The van der Waals surface area contributed by atoms with Gasteiger partial charge < -0.3 is 15.2 Å². The Hall–Kier alpha value is -1.60. The number of piperazine rings is 1. The summed E-state index contributed by atoms with van der Waals surface area (Å²) in [5.74, 6) is -3.34. The number of nitrogens with zero attached hydrogens (tertiary/aromatic N) is 2. The van der Waals surface area contributed by atoms with E-state index in [4.69, 9.17) is 0 Å². The molecule has 3 rings (SSSR count). The quantitative estimate of drug-likeness (QED) is 0.852. The van der Waals surface area contributed by atoms with Crippen LogP contribution >= 0.6 is 0 Å². The van der Waals surface area contributed by atoms with Crippen molar-refractivity contribution in [1.29, 1.82) is 0 Å². The van der Waals surface area contributed by atoms with Crippen molar-refractivity contribution in [3.8, 4) is 0 Å². The van der Waals surface area contributed by atoms with Gasteiger partial charge >= 0.3 is 0 Å². The molecule has 21 heavy (non-hydrogen) atoms. The van der Waals surface area contributed by atoms with E-state index < -0.39 is 17.5 Å². The van der Waals surface area contributed by atoms with Crippen LogP contribution in [-0.4, -0.2) is 47.6 Å². The second kappa shape index (κ2) is 5.65. The number of nitrogens with one attached hydrogen (secondary N) is 2. The van der Waals surface area contributed by atoms with Gasteiger partial charge in [-0.2, -0.15) is 0 Å². The molecule has 4 nitrogen and oxygen atoms in total. The van der Waals surface area contributed by atoms with Crippen LogP contribution in [0.2, 0.25) is 0 Å². The molecule has 0 spiro atoms. The molecule has 1 atom stereocenters. The second-order valence-corrected chi connectivity index (χ2v) is 5.46. The minimum atomic E-state index is -1.48.